The largest absolute Gasteiger partial charge is 0.496 e. The highest BCUT2D eigenvalue weighted by Gasteiger charge is 2.16. The normalized spacial score (nSPS) is 10.5. The van der Waals surface area contributed by atoms with Gasteiger partial charge in [-0.1, -0.05) is 11.6 Å². The van der Waals surface area contributed by atoms with Crippen LogP contribution >= 0.6 is 0 Å². The average Bonchev–Trinajstić information content (AvgIpc) is 2.72. The molecule has 0 unspecified atom stereocenters. The van der Waals surface area contributed by atoms with Crippen LogP contribution in [-0.2, 0) is 0 Å². The molecule has 1 aromatic heterocycles. The van der Waals surface area contributed by atoms with Crippen molar-refractivity contribution in [2.45, 2.75) is 13.8 Å². The van der Waals surface area contributed by atoms with Crippen molar-refractivity contribution in [2.24, 2.45) is 0 Å². The second kappa shape index (κ2) is 8.73. The SMILES string of the molecule is COc1cc(OC)c2c(=O)c(-c3ccc(OC)c(OCC=C(C)C)c3)coc2c1. The molecule has 3 aromatic rings. The first-order chi connectivity index (χ1) is 14.0. The van der Waals surface area contributed by atoms with E-state index in [0.717, 1.165) is 5.57 Å². The molecule has 0 spiro atoms. The third kappa shape index (κ3) is 4.21. The van der Waals surface area contributed by atoms with Crippen LogP contribution < -0.4 is 24.4 Å². The summed E-state index contributed by atoms with van der Waals surface area (Å²) in [6.07, 6.45) is 3.40. The van der Waals surface area contributed by atoms with Gasteiger partial charge in [0.1, 0.15) is 35.3 Å². The lowest BCUT2D eigenvalue weighted by Crippen LogP contribution is -2.07. The van der Waals surface area contributed by atoms with E-state index in [-0.39, 0.29) is 5.43 Å². The summed E-state index contributed by atoms with van der Waals surface area (Å²) >= 11 is 0. The monoisotopic (exact) mass is 396 g/mol. The highest BCUT2D eigenvalue weighted by Crippen LogP contribution is 2.34. The smallest absolute Gasteiger partial charge is 0.204 e. The Hall–Kier alpha value is -3.41. The first-order valence-corrected chi connectivity index (χ1v) is 9.10. The molecule has 0 N–H and O–H groups in total. The standard InChI is InChI=1S/C23H24O6/c1-14(2)8-9-28-19-10-15(6-7-18(19)26-4)17-13-29-21-12-16(25-3)11-20(27-5)22(21)23(17)24/h6-8,10-13H,9H2,1-5H3. The van der Waals surface area contributed by atoms with Crippen molar-refractivity contribution in [3.63, 3.8) is 0 Å². The third-order valence-electron chi connectivity index (χ3n) is 4.48. The van der Waals surface area contributed by atoms with Crippen LogP contribution in [0.2, 0.25) is 0 Å². The van der Waals surface area contributed by atoms with Crippen molar-refractivity contribution < 1.29 is 23.4 Å². The maximum Gasteiger partial charge on any atom is 0.204 e. The summed E-state index contributed by atoms with van der Waals surface area (Å²) in [5.74, 6) is 2.07. The quantitative estimate of drug-likeness (QED) is 0.533. The summed E-state index contributed by atoms with van der Waals surface area (Å²) in [6, 6.07) is 8.64. The molecule has 0 atom stereocenters. The van der Waals surface area contributed by atoms with Gasteiger partial charge < -0.3 is 23.4 Å². The van der Waals surface area contributed by atoms with E-state index in [0.29, 0.717) is 51.7 Å². The van der Waals surface area contributed by atoms with Crippen molar-refractivity contribution in [1.29, 1.82) is 0 Å². The number of methoxy groups -OCH3 is 3. The van der Waals surface area contributed by atoms with Gasteiger partial charge in [0.05, 0.1) is 26.9 Å². The molecule has 0 aliphatic rings. The molecule has 0 amide bonds. The Morgan fingerprint density at radius 3 is 2.38 bits per heavy atom. The Bertz CT molecular complexity index is 1110. The zero-order chi connectivity index (χ0) is 21.0. The highest BCUT2D eigenvalue weighted by atomic mass is 16.5. The summed E-state index contributed by atoms with van der Waals surface area (Å²) in [4.78, 5) is 13.2. The van der Waals surface area contributed by atoms with Crippen LogP contribution in [0.5, 0.6) is 23.0 Å². The Kier molecular flexibility index (Phi) is 6.12. The Labute approximate surface area is 169 Å². The minimum absolute atomic E-state index is 0.203. The summed E-state index contributed by atoms with van der Waals surface area (Å²) in [7, 11) is 4.62. The van der Waals surface area contributed by atoms with Gasteiger partial charge in [-0.25, -0.2) is 0 Å². The molecule has 0 fully saturated rings. The zero-order valence-corrected chi connectivity index (χ0v) is 17.2. The van der Waals surface area contributed by atoms with E-state index >= 15 is 0 Å². The van der Waals surface area contributed by atoms with Gasteiger partial charge in [-0.2, -0.15) is 0 Å². The fourth-order valence-electron chi connectivity index (χ4n) is 2.93. The lowest BCUT2D eigenvalue weighted by molar-refractivity contribution is 0.326. The van der Waals surface area contributed by atoms with Crippen molar-refractivity contribution in [2.75, 3.05) is 27.9 Å². The van der Waals surface area contributed by atoms with Crippen molar-refractivity contribution >= 4 is 11.0 Å². The summed E-state index contributed by atoms with van der Waals surface area (Å²) in [5, 5.41) is 0.355. The van der Waals surface area contributed by atoms with Crippen LogP contribution in [0.4, 0.5) is 0 Å². The number of hydrogen-bond acceptors (Lipinski definition) is 6. The van der Waals surface area contributed by atoms with Crippen LogP contribution in [0, 0.1) is 0 Å². The molecule has 0 bridgehead atoms. The van der Waals surface area contributed by atoms with Gasteiger partial charge >= 0.3 is 0 Å². The molecule has 6 heteroatoms. The molecule has 0 aliphatic heterocycles. The van der Waals surface area contributed by atoms with Crippen molar-refractivity contribution in [1.82, 2.24) is 0 Å². The van der Waals surface area contributed by atoms with E-state index in [1.807, 2.05) is 19.9 Å². The third-order valence-corrected chi connectivity index (χ3v) is 4.48. The van der Waals surface area contributed by atoms with Gasteiger partial charge in [0.25, 0.3) is 0 Å². The van der Waals surface area contributed by atoms with E-state index in [2.05, 4.69) is 0 Å². The molecular weight excluding hydrogens is 372 g/mol. The van der Waals surface area contributed by atoms with E-state index in [4.69, 9.17) is 23.4 Å². The predicted octanol–water partition coefficient (Wildman–Crippen LogP) is 4.83. The maximum absolute atomic E-state index is 13.2. The van der Waals surface area contributed by atoms with Gasteiger partial charge in [-0.15, -0.1) is 0 Å². The van der Waals surface area contributed by atoms with E-state index in [1.54, 1.807) is 44.6 Å². The van der Waals surface area contributed by atoms with E-state index < -0.39 is 0 Å². The highest BCUT2D eigenvalue weighted by molar-refractivity contribution is 5.88. The van der Waals surface area contributed by atoms with Crippen molar-refractivity contribution in [3.05, 3.63) is 58.5 Å². The minimum atomic E-state index is -0.203. The van der Waals surface area contributed by atoms with Crippen LogP contribution in [-0.4, -0.2) is 27.9 Å². The summed E-state index contributed by atoms with van der Waals surface area (Å²) in [5.41, 5.74) is 2.40. The van der Waals surface area contributed by atoms with Gasteiger partial charge in [0.2, 0.25) is 5.43 Å². The Morgan fingerprint density at radius 2 is 1.72 bits per heavy atom. The summed E-state index contributed by atoms with van der Waals surface area (Å²) in [6.45, 7) is 4.40. The number of allylic oxidation sites excluding steroid dienone is 1. The first kappa shape index (κ1) is 20.3. The molecule has 152 valence electrons. The number of hydrogen-bond donors (Lipinski definition) is 0. The second-order valence-electron chi connectivity index (χ2n) is 6.64. The average molecular weight is 396 g/mol. The van der Waals surface area contributed by atoms with Crippen LogP contribution in [0.3, 0.4) is 0 Å². The van der Waals surface area contributed by atoms with Crippen LogP contribution in [0.15, 0.2) is 57.5 Å². The Balaban J connectivity index is 2.11. The fourth-order valence-corrected chi connectivity index (χ4v) is 2.93. The molecule has 0 saturated carbocycles. The lowest BCUT2D eigenvalue weighted by Gasteiger charge is -2.12. The van der Waals surface area contributed by atoms with Gasteiger partial charge in [-0.05, 0) is 37.6 Å². The van der Waals surface area contributed by atoms with Crippen LogP contribution in [0.1, 0.15) is 13.8 Å². The zero-order valence-electron chi connectivity index (χ0n) is 17.2. The molecule has 0 saturated heterocycles. The van der Waals surface area contributed by atoms with E-state index in [9.17, 15) is 4.79 Å². The topological polar surface area (TPSA) is 67.1 Å². The fraction of sp³-hybridized carbons (Fsp3) is 0.261. The lowest BCUT2D eigenvalue weighted by atomic mass is 10.0. The molecule has 29 heavy (non-hydrogen) atoms. The second-order valence-corrected chi connectivity index (χ2v) is 6.64. The van der Waals surface area contributed by atoms with Crippen LogP contribution in [0.25, 0.3) is 22.1 Å². The Morgan fingerprint density at radius 1 is 0.966 bits per heavy atom. The molecule has 2 aromatic carbocycles. The number of ether oxygens (including phenoxy) is 4. The maximum atomic E-state index is 13.2. The first-order valence-electron chi connectivity index (χ1n) is 9.10. The molecular formula is C23H24O6. The molecule has 0 aliphatic carbocycles. The molecule has 0 radical (unpaired) electrons. The minimum Gasteiger partial charge on any atom is -0.496 e. The number of rotatable bonds is 7. The summed E-state index contributed by atoms with van der Waals surface area (Å²) < 4.78 is 27.6. The molecule has 1 heterocycles. The van der Waals surface area contributed by atoms with Gasteiger partial charge in [-0.3, -0.25) is 4.79 Å². The molecule has 3 rings (SSSR count). The number of fused-ring (bicyclic) bond motifs is 1. The van der Waals surface area contributed by atoms with Gasteiger partial charge in [0.15, 0.2) is 11.5 Å². The van der Waals surface area contributed by atoms with Crippen molar-refractivity contribution in [3.8, 4) is 34.1 Å². The number of benzene rings is 2. The predicted molar refractivity (Wildman–Crippen MR) is 113 cm³/mol. The molecule has 6 nitrogen and oxygen atoms in total. The van der Waals surface area contributed by atoms with Gasteiger partial charge in [0, 0.05) is 12.1 Å². The van der Waals surface area contributed by atoms with E-state index in [1.165, 1.54) is 13.4 Å².